The standard InChI is InChI=1S/C42H48F17NO7Si/c1-8-64-33(61)11-9-10-27(6)24-32(67-34(62)60-29-14-18-30(63-7)19-15-29)28-12-16-31(17-13-28)65-21-22-66-68(25(2)3,26(4)5)23-20-35(43,44)36(45,46)37(47,48)38(49,50)39(51,52)40(53,54)41(55,56)42(57,58)59/h9-19,25-26,32H,8,20-24H2,1-7H3,(H,60,62)/b11-9+,27-10+/t32-/m1/s1. The lowest BCUT2D eigenvalue weighted by Crippen LogP contribution is -2.74. The van der Waals surface area contributed by atoms with E-state index in [1.165, 1.54) is 71.2 Å². The molecule has 68 heavy (non-hydrogen) atoms. The topological polar surface area (TPSA) is 92.3 Å². The van der Waals surface area contributed by atoms with E-state index in [0.29, 0.717) is 22.6 Å². The number of carbonyl (C=O) groups excluding carboxylic acids is 2. The molecule has 0 saturated heterocycles. The van der Waals surface area contributed by atoms with Crippen LogP contribution < -0.4 is 14.8 Å². The number of allylic oxidation sites excluding steroid dienone is 2. The number of carbonyl (C=O) groups is 2. The Labute approximate surface area is 380 Å². The zero-order valence-electron chi connectivity index (χ0n) is 37.1. The summed E-state index contributed by atoms with van der Waals surface area (Å²) in [4.78, 5) is 24.6. The summed E-state index contributed by atoms with van der Waals surface area (Å²) in [6.07, 6.45) is -7.94. The number of hydrogen-bond donors (Lipinski definition) is 1. The van der Waals surface area contributed by atoms with E-state index in [2.05, 4.69) is 5.32 Å². The number of ether oxygens (including phenoxy) is 4. The van der Waals surface area contributed by atoms with Crippen molar-refractivity contribution >= 4 is 26.1 Å². The summed E-state index contributed by atoms with van der Waals surface area (Å²) in [5.74, 6) is -56.8. The fourth-order valence-electron chi connectivity index (χ4n) is 6.55. The van der Waals surface area contributed by atoms with Crippen molar-refractivity contribution < 1.29 is 108 Å². The number of amides is 1. The van der Waals surface area contributed by atoms with Crippen LogP contribution in [0.3, 0.4) is 0 Å². The van der Waals surface area contributed by atoms with Crippen molar-refractivity contribution in [1.29, 1.82) is 0 Å². The van der Waals surface area contributed by atoms with E-state index in [0.717, 1.165) is 0 Å². The molecule has 0 heterocycles. The molecule has 1 amide bonds. The second-order valence-corrected chi connectivity index (χ2v) is 20.8. The van der Waals surface area contributed by atoms with Gasteiger partial charge in [-0.05, 0) is 72.9 Å². The van der Waals surface area contributed by atoms with Crippen LogP contribution in [-0.2, 0) is 18.7 Å². The van der Waals surface area contributed by atoms with Crippen LogP contribution in [0, 0.1) is 0 Å². The first-order chi connectivity index (χ1) is 30.9. The Hall–Kier alpha value is -4.75. The van der Waals surface area contributed by atoms with Crippen LogP contribution in [0.2, 0.25) is 17.1 Å². The normalized spacial score (nSPS) is 14.6. The van der Waals surface area contributed by atoms with Crippen LogP contribution in [0.15, 0.2) is 72.3 Å². The summed E-state index contributed by atoms with van der Waals surface area (Å²) in [5, 5.41) is 2.57. The van der Waals surface area contributed by atoms with Crippen molar-refractivity contribution in [3.05, 3.63) is 77.9 Å². The van der Waals surface area contributed by atoms with Gasteiger partial charge in [-0.3, -0.25) is 5.32 Å². The monoisotopic (exact) mass is 1030 g/mol. The number of methoxy groups -OCH3 is 1. The maximum Gasteiger partial charge on any atom is 0.460 e. The summed E-state index contributed by atoms with van der Waals surface area (Å²) in [7, 11) is -2.57. The third-order valence-electron chi connectivity index (χ3n) is 10.5. The third-order valence-corrected chi connectivity index (χ3v) is 16.2. The quantitative estimate of drug-likeness (QED) is 0.0264. The average Bonchev–Trinajstić information content (AvgIpc) is 3.22. The maximum atomic E-state index is 15.0. The first-order valence-corrected chi connectivity index (χ1v) is 22.4. The van der Waals surface area contributed by atoms with Crippen LogP contribution in [0.5, 0.6) is 11.5 Å². The molecule has 0 aliphatic heterocycles. The smallest absolute Gasteiger partial charge is 0.460 e. The molecule has 0 aliphatic carbocycles. The fraction of sp³-hybridized carbons (Fsp3) is 0.571. The molecule has 2 aromatic carbocycles. The molecule has 0 saturated carbocycles. The zero-order chi connectivity index (χ0) is 52.5. The average molecular weight is 1030 g/mol. The number of anilines is 1. The lowest BCUT2D eigenvalue weighted by molar-refractivity contribution is -0.461. The molecule has 0 unspecified atom stereocenters. The van der Waals surface area contributed by atoms with Crippen LogP contribution in [0.25, 0.3) is 0 Å². The van der Waals surface area contributed by atoms with Crippen molar-refractivity contribution in [2.45, 2.75) is 125 Å². The number of hydrogen-bond acceptors (Lipinski definition) is 7. The molecule has 8 nitrogen and oxygen atoms in total. The van der Waals surface area contributed by atoms with Gasteiger partial charge in [-0.25, -0.2) is 9.59 Å². The Morgan fingerprint density at radius 3 is 1.63 bits per heavy atom. The minimum atomic E-state index is -8.70. The van der Waals surface area contributed by atoms with Gasteiger partial charge in [0, 0.05) is 24.6 Å². The van der Waals surface area contributed by atoms with E-state index in [1.54, 1.807) is 44.2 Å². The summed E-state index contributed by atoms with van der Waals surface area (Å²) in [5.41, 5.74) is -0.361. The van der Waals surface area contributed by atoms with Gasteiger partial charge in [0.2, 0.25) is 0 Å². The third kappa shape index (κ3) is 12.7. The Kier molecular flexibility index (Phi) is 19.5. The van der Waals surface area contributed by atoms with E-state index in [-0.39, 0.29) is 18.8 Å². The van der Waals surface area contributed by atoms with Gasteiger partial charge in [-0.15, -0.1) is 0 Å². The molecule has 0 aromatic heterocycles. The molecule has 0 fully saturated rings. The molecule has 386 valence electrons. The summed E-state index contributed by atoms with van der Waals surface area (Å²) in [6, 6.07) is 10.7. The van der Waals surface area contributed by atoms with E-state index >= 15 is 8.78 Å². The van der Waals surface area contributed by atoms with Gasteiger partial charge in [-0.1, -0.05) is 57.6 Å². The highest BCUT2D eigenvalue weighted by Gasteiger charge is 2.95. The molecule has 0 bridgehead atoms. The first-order valence-electron chi connectivity index (χ1n) is 20.1. The highest BCUT2D eigenvalue weighted by atomic mass is 28.4. The molecule has 1 atom stereocenters. The van der Waals surface area contributed by atoms with E-state index in [4.69, 9.17) is 23.4 Å². The Balaban J connectivity index is 2.30. The summed E-state index contributed by atoms with van der Waals surface area (Å²) < 4.78 is 263. The van der Waals surface area contributed by atoms with E-state index < -0.39 is 111 Å². The van der Waals surface area contributed by atoms with Gasteiger partial charge in [-0.2, -0.15) is 74.6 Å². The minimum absolute atomic E-state index is 0.0999. The molecule has 1 N–H and O–H groups in total. The van der Waals surface area contributed by atoms with Crippen LogP contribution in [0.1, 0.15) is 66.1 Å². The molecule has 2 rings (SSSR count). The molecule has 0 spiro atoms. The van der Waals surface area contributed by atoms with Crippen molar-refractivity contribution in [1.82, 2.24) is 0 Å². The maximum absolute atomic E-state index is 15.0. The second-order valence-electron chi connectivity index (χ2n) is 15.8. The van der Waals surface area contributed by atoms with E-state index in [1.807, 2.05) is 0 Å². The number of nitrogens with one attached hydrogen (secondary N) is 1. The van der Waals surface area contributed by atoms with Crippen molar-refractivity contribution in [2.75, 3.05) is 32.2 Å². The van der Waals surface area contributed by atoms with Gasteiger partial charge in [0.05, 0.1) is 20.3 Å². The van der Waals surface area contributed by atoms with Crippen molar-refractivity contribution in [3.8, 4) is 11.5 Å². The summed E-state index contributed by atoms with van der Waals surface area (Å²) in [6.45, 7) is 7.77. The summed E-state index contributed by atoms with van der Waals surface area (Å²) >= 11 is 0. The second kappa shape index (κ2) is 22.3. The SMILES string of the molecule is CCOC(=O)/C=C/C=C(\C)C[C@@H](OC(=O)Nc1ccc(OC)cc1)c1ccc(OCCO[Si](CCC(F)(F)C(F)(F)C(F)(F)C(F)(F)C(F)(F)C(F)(F)C(F)(F)C(F)(F)F)(C(C)C)C(C)C)cc1. The molecular weight excluding hydrogens is 982 g/mol. The first kappa shape index (κ1) is 59.4. The van der Waals surface area contributed by atoms with E-state index in [9.17, 15) is 75.4 Å². The molecule has 0 aliphatic rings. The molecular formula is C42H48F17NO7Si. The van der Waals surface area contributed by atoms with Gasteiger partial charge in [0.25, 0.3) is 0 Å². The lowest BCUT2D eigenvalue weighted by atomic mass is 9.88. The largest absolute Gasteiger partial charge is 0.497 e. The number of esters is 1. The fourth-order valence-corrected chi connectivity index (χ4v) is 11.0. The van der Waals surface area contributed by atoms with Gasteiger partial charge < -0.3 is 23.4 Å². The molecule has 26 heteroatoms. The zero-order valence-corrected chi connectivity index (χ0v) is 38.1. The van der Waals surface area contributed by atoms with Crippen molar-refractivity contribution in [3.63, 3.8) is 0 Å². The molecule has 2 aromatic rings. The highest BCUT2D eigenvalue weighted by Crippen LogP contribution is 2.64. The van der Waals surface area contributed by atoms with Gasteiger partial charge >= 0.3 is 59.7 Å². The predicted molar refractivity (Wildman–Crippen MR) is 214 cm³/mol. The highest BCUT2D eigenvalue weighted by molar-refractivity contribution is 6.76. The minimum Gasteiger partial charge on any atom is -0.497 e. The predicted octanol–water partition coefficient (Wildman–Crippen LogP) is 14.0. The number of halogens is 17. The van der Waals surface area contributed by atoms with Crippen LogP contribution in [0.4, 0.5) is 85.1 Å². The number of benzene rings is 2. The van der Waals surface area contributed by atoms with Gasteiger partial charge in [0.15, 0.2) is 8.32 Å². The number of rotatable bonds is 25. The lowest BCUT2D eigenvalue weighted by Gasteiger charge is -2.44. The van der Waals surface area contributed by atoms with Gasteiger partial charge in [0.1, 0.15) is 24.2 Å². The van der Waals surface area contributed by atoms with Crippen molar-refractivity contribution in [2.24, 2.45) is 0 Å². The Morgan fingerprint density at radius 1 is 0.676 bits per heavy atom. The Bertz CT molecular complexity index is 2020. The number of alkyl halides is 17. The van der Waals surface area contributed by atoms with Crippen LogP contribution >= 0.6 is 0 Å². The molecule has 0 radical (unpaired) electrons. The Morgan fingerprint density at radius 2 is 1.16 bits per heavy atom. The van der Waals surface area contributed by atoms with Crippen LogP contribution in [-0.4, -0.2) is 94.9 Å².